The lowest BCUT2D eigenvalue weighted by Crippen LogP contribution is -2.37. The highest BCUT2D eigenvalue weighted by atomic mass is 28.3. The highest BCUT2D eigenvalue weighted by Crippen LogP contribution is 2.42. The smallest absolute Gasteiger partial charge is 0.0570 e. The van der Waals surface area contributed by atoms with Crippen molar-refractivity contribution in [3.8, 4) is 0 Å². The molecule has 1 heteroatoms. The molecule has 0 bridgehead atoms. The molecular formula is C11H22Si. The van der Waals surface area contributed by atoms with Crippen molar-refractivity contribution in [1.82, 2.24) is 0 Å². The lowest BCUT2D eigenvalue weighted by molar-refractivity contribution is 0.653. The molecule has 70 valence electrons. The predicted molar refractivity (Wildman–Crippen MR) is 61.3 cm³/mol. The highest BCUT2D eigenvalue weighted by Gasteiger charge is 2.36. The van der Waals surface area contributed by atoms with E-state index in [1.54, 1.807) is 0 Å². The minimum Gasteiger partial charge on any atom is -0.103 e. The standard InChI is InChI=1S/C11H22Si/c1-7-9-11(3,4)12(5,6)10-8-2/h7-8H,1-2,9-10H2,3-6H3. The molecule has 0 radical (unpaired) electrons. The Kier molecular flexibility index (Phi) is 3.98. The van der Waals surface area contributed by atoms with Gasteiger partial charge in [-0.25, -0.2) is 0 Å². The van der Waals surface area contributed by atoms with Crippen molar-refractivity contribution in [3.63, 3.8) is 0 Å². The fourth-order valence-electron chi connectivity index (χ4n) is 1.27. The Morgan fingerprint density at radius 3 is 2.00 bits per heavy atom. The summed E-state index contributed by atoms with van der Waals surface area (Å²) in [6.45, 7) is 17.2. The molecule has 12 heavy (non-hydrogen) atoms. The second-order valence-corrected chi connectivity index (χ2v) is 10.3. The minimum atomic E-state index is -1.14. The molecule has 0 aromatic carbocycles. The van der Waals surface area contributed by atoms with Gasteiger partial charge in [-0.3, -0.25) is 0 Å². The number of allylic oxidation sites excluding steroid dienone is 2. The number of rotatable bonds is 5. The van der Waals surface area contributed by atoms with Crippen LogP contribution >= 0.6 is 0 Å². The van der Waals surface area contributed by atoms with E-state index < -0.39 is 8.07 Å². The maximum atomic E-state index is 3.83. The van der Waals surface area contributed by atoms with Crippen LogP contribution < -0.4 is 0 Å². The normalized spacial score (nSPS) is 12.7. The van der Waals surface area contributed by atoms with Crippen LogP contribution in [0.25, 0.3) is 0 Å². The Hall–Kier alpha value is -0.303. The summed E-state index contributed by atoms with van der Waals surface area (Å²) < 4.78 is 0. The molecule has 0 aliphatic carbocycles. The number of hydrogen-bond acceptors (Lipinski definition) is 0. The quantitative estimate of drug-likeness (QED) is 0.441. The Bertz CT molecular complexity index is 146. The molecule has 0 spiro atoms. The summed E-state index contributed by atoms with van der Waals surface area (Å²) in [4.78, 5) is 0. The van der Waals surface area contributed by atoms with Crippen molar-refractivity contribution in [3.05, 3.63) is 25.3 Å². The SMILES string of the molecule is C=CCC(C)(C)[Si](C)(C)CC=C. The molecule has 0 rings (SSSR count). The van der Waals surface area contributed by atoms with Crippen LogP contribution in [0.3, 0.4) is 0 Å². The van der Waals surface area contributed by atoms with E-state index in [0.29, 0.717) is 5.04 Å². The molecular weight excluding hydrogens is 160 g/mol. The van der Waals surface area contributed by atoms with Gasteiger partial charge >= 0.3 is 0 Å². The van der Waals surface area contributed by atoms with Crippen molar-refractivity contribution in [1.29, 1.82) is 0 Å². The third-order valence-corrected chi connectivity index (χ3v) is 8.32. The fourth-order valence-corrected chi connectivity index (χ4v) is 3.25. The van der Waals surface area contributed by atoms with Gasteiger partial charge < -0.3 is 0 Å². The van der Waals surface area contributed by atoms with E-state index in [1.807, 2.05) is 6.08 Å². The van der Waals surface area contributed by atoms with E-state index in [2.05, 4.69) is 46.2 Å². The largest absolute Gasteiger partial charge is 0.103 e. The maximum Gasteiger partial charge on any atom is 0.0570 e. The van der Waals surface area contributed by atoms with Crippen molar-refractivity contribution in [2.24, 2.45) is 0 Å². The van der Waals surface area contributed by atoms with Crippen LogP contribution in [-0.2, 0) is 0 Å². The summed E-state index contributed by atoms with van der Waals surface area (Å²) in [6.07, 6.45) is 5.23. The van der Waals surface area contributed by atoms with Gasteiger partial charge in [-0.2, -0.15) is 0 Å². The lowest BCUT2D eigenvalue weighted by Gasteiger charge is -2.39. The summed E-state index contributed by atoms with van der Waals surface area (Å²) in [7, 11) is -1.14. The molecule has 0 nitrogen and oxygen atoms in total. The van der Waals surface area contributed by atoms with E-state index in [4.69, 9.17) is 0 Å². The lowest BCUT2D eigenvalue weighted by atomic mass is 10.1. The van der Waals surface area contributed by atoms with Gasteiger partial charge in [-0.1, -0.05) is 39.1 Å². The predicted octanol–water partition coefficient (Wildman–Crippen LogP) is 4.24. The molecule has 0 aliphatic heterocycles. The van der Waals surface area contributed by atoms with E-state index in [9.17, 15) is 0 Å². The third kappa shape index (κ3) is 2.63. The van der Waals surface area contributed by atoms with Gasteiger partial charge in [0.05, 0.1) is 8.07 Å². The van der Waals surface area contributed by atoms with E-state index in [-0.39, 0.29) is 0 Å². The first kappa shape index (κ1) is 11.7. The molecule has 0 saturated carbocycles. The van der Waals surface area contributed by atoms with E-state index >= 15 is 0 Å². The summed E-state index contributed by atoms with van der Waals surface area (Å²) in [5, 5.41) is 0.447. The molecule has 0 aliphatic rings. The molecule has 0 fully saturated rings. The average Bonchev–Trinajstić information content (AvgIpc) is 1.86. The van der Waals surface area contributed by atoms with Gasteiger partial charge in [-0.15, -0.1) is 13.2 Å². The summed E-state index contributed by atoms with van der Waals surface area (Å²) in [5.74, 6) is 0. The first-order valence-electron chi connectivity index (χ1n) is 4.59. The Balaban J connectivity index is 4.48. The Labute approximate surface area is 78.4 Å². The molecule has 0 N–H and O–H groups in total. The zero-order chi connectivity index (χ0) is 9.83. The first-order valence-corrected chi connectivity index (χ1v) is 7.80. The van der Waals surface area contributed by atoms with E-state index in [1.165, 1.54) is 6.04 Å². The second kappa shape index (κ2) is 4.08. The Morgan fingerprint density at radius 2 is 1.67 bits per heavy atom. The summed E-state index contributed by atoms with van der Waals surface area (Å²) >= 11 is 0. The first-order chi connectivity index (χ1) is 5.37. The van der Waals surface area contributed by atoms with Gasteiger partial charge in [0.2, 0.25) is 0 Å². The zero-order valence-corrected chi connectivity index (χ0v) is 9.98. The molecule has 0 heterocycles. The van der Waals surface area contributed by atoms with Crippen LogP contribution in [0.1, 0.15) is 20.3 Å². The molecule has 0 atom stereocenters. The van der Waals surface area contributed by atoms with Crippen LogP contribution in [0.2, 0.25) is 24.2 Å². The van der Waals surface area contributed by atoms with Crippen molar-refractivity contribution < 1.29 is 0 Å². The van der Waals surface area contributed by atoms with Gasteiger partial charge in [0.1, 0.15) is 0 Å². The van der Waals surface area contributed by atoms with Crippen LogP contribution in [-0.4, -0.2) is 8.07 Å². The van der Waals surface area contributed by atoms with Crippen LogP contribution in [0.5, 0.6) is 0 Å². The number of hydrogen-bond donors (Lipinski definition) is 0. The molecule has 0 aromatic heterocycles. The Morgan fingerprint density at radius 1 is 1.17 bits per heavy atom. The molecule has 0 saturated heterocycles. The monoisotopic (exact) mass is 182 g/mol. The zero-order valence-electron chi connectivity index (χ0n) is 8.98. The van der Waals surface area contributed by atoms with Crippen LogP contribution in [0.4, 0.5) is 0 Å². The van der Waals surface area contributed by atoms with Gasteiger partial charge in [0.15, 0.2) is 0 Å². The summed E-state index contributed by atoms with van der Waals surface area (Å²) in [6, 6.07) is 1.20. The van der Waals surface area contributed by atoms with Crippen molar-refractivity contribution >= 4 is 8.07 Å². The van der Waals surface area contributed by atoms with Gasteiger partial charge in [0, 0.05) is 0 Å². The summed E-state index contributed by atoms with van der Waals surface area (Å²) in [5.41, 5.74) is 0. The van der Waals surface area contributed by atoms with Gasteiger partial charge in [0.25, 0.3) is 0 Å². The topological polar surface area (TPSA) is 0 Å². The molecule has 0 unspecified atom stereocenters. The van der Waals surface area contributed by atoms with Crippen molar-refractivity contribution in [2.45, 2.75) is 44.4 Å². The minimum absolute atomic E-state index is 0.447. The van der Waals surface area contributed by atoms with Crippen LogP contribution in [0, 0.1) is 0 Å². The maximum absolute atomic E-state index is 3.83. The highest BCUT2D eigenvalue weighted by molar-refractivity contribution is 6.80. The van der Waals surface area contributed by atoms with E-state index in [0.717, 1.165) is 6.42 Å². The fraction of sp³-hybridized carbons (Fsp3) is 0.636. The molecule has 0 amide bonds. The van der Waals surface area contributed by atoms with Gasteiger partial charge in [-0.05, 0) is 17.5 Å². The second-order valence-electron chi connectivity index (χ2n) is 4.75. The van der Waals surface area contributed by atoms with Crippen LogP contribution in [0.15, 0.2) is 25.3 Å². The third-order valence-electron chi connectivity index (χ3n) is 3.14. The van der Waals surface area contributed by atoms with Crippen molar-refractivity contribution in [2.75, 3.05) is 0 Å². The average molecular weight is 182 g/mol. The molecule has 0 aromatic rings.